The second-order valence-electron chi connectivity index (χ2n) is 8.41. The SMILES string of the molecule is Cc1cc(C)cc(NC(=O)N2CCC3(CCC(=O)N(C(C)C)C3)CC2)c1. The van der Waals surface area contributed by atoms with E-state index in [1.807, 2.05) is 35.8 Å². The summed E-state index contributed by atoms with van der Waals surface area (Å²) < 4.78 is 0. The van der Waals surface area contributed by atoms with Crippen molar-refractivity contribution in [1.82, 2.24) is 9.80 Å². The molecule has 0 unspecified atom stereocenters. The second-order valence-corrected chi connectivity index (χ2v) is 8.41. The molecule has 2 saturated heterocycles. The van der Waals surface area contributed by atoms with Crippen LogP contribution in [0, 0.1) is 19.3 Å². The summed E-state index contributed by atoms with van der Waals surface area (Å²) in [4.78, 5) is 28.7. The van der Waals surface area contributed by atoms with Crippen LogP contribution in [0.15, 0.2) is 18.2 Å². The zero-order valence-electron chi connectivity index (χ0n) is 16.5. The Morgan fingerprint density at radius 1 is 1.08 bits per heavy atom. The van der Waals surface area contributed by atoms with Gasteiger partial charge in [0.2, 0.25) is 5.91 Å². The summed E-state index contributed by atoms with van der Waals surface area (Å²) in [6.07, 6.45) is 3.56. The van der Waals surface area contributed by atoms with Crippen LogP contribution in [0.5, 0.6) is 0 Å². The van der Waals surface area contributed by atoms with Crippen molar-refractivity contribution in [1.29, 1.82) is 0 Å². The molecule has 0 saturated carbocycles. The molecule has 1 aromatic rings. The molecule has 0 aliphatic carbocycles. The van der Waals surface area contributed by atoms with E-state index in [0.29, 0.717) is 6.42 Å². The van der Waals surface area contributed by atoms with Crippen molar-refractivity contribution in [3.63, 3.8) is 0 Å². The van der Waals surface area contributed by atoms with Crippen LogP contribution >= 0.6 is 0 Å². The predicted molar refractivity (Wildman–Crippen MR) is 104 cm³/mol. The number of urea groups is 1. The molecule has 1 N–H and O–H groups in total. The summed E-state index contributed by atoms with van der Waals surface area (Å²) in [5.74, 6) is 0.278. The lowest BCUT2D eigenvalue weighted by molar-refractivity contribution is -0.141. The number of carbonyl (C=O) groups excluding carboxylic acids is 2. The lowest BCUT2D eigenvalue weighted by atomic mass is 9.72. The molecular formula is C21H31N3O2. The van der Waals surface area contributed by atoms with Gasteiger partial charge in [-0.2, -0.15) is 0 Å². The molecule has 0 aromatic heterocycles. The van der Waals surface area contributed by atoms with Crippen molar-refractivity contribution in [3.8, 4) is 0 Å². The van der Waals surface area contributed by atoms with Gasteiger partial charge in [-0.25, -0.2) is 4.79 Å². The van der Waals surface area contributed by atoms with E-state index < -0.39 is 0 Å². The van der Waals surface area contributed by atoms with Crippen molar-refractivity contribution in [3.05, 3.63) is 29.3 Å². The summed E-state index contributed by atoms with van der Waals surface area (Å²) in [5, 5.41) is 3.04. The molecule has 2 fully saturated rings. The van der Waals surface area contributed by atoms with Crippen LogP contribution in [0.25, 0.3) is 0 Å². The highest BCUT2D eigenvalue weighted by atomic mass is 16.2. The number of nitrogens with zero attached hydrogens (tertiary/aromatic N) is 2. The first-order valence-electron chi connectivity index (χ1n) is 9.72. The molecule has 1 aromatic carbocycles. The molecule has 0 radical (unpaired) electrons. The molecule has 2 aliphatic rings. The summed E-state index contributed by atoms with van der Waals surface area (Å²) in [6, 6.07) is 6.35. The number of nitrogens with one attached hydrogen (secondary N) is 1. The Kier molecular flexibility index (Phi) is 5.26. The molecular weight excluding hydrogens is 326 g/mol. The number of carbonyl (C=O) groups is 2. The zero-order chi connectivity index (χ0) is 18.9. The Bertz CT molecular complexity index is 670. The third kappa shape index (κ3) is 4.02. The van der Waals surface area contributed by atoms with E-state index in [9.17, 15) is 9.59 Å². The average Bonchev–Trinajstić information content (AvgIpc) is 2.57. The largest absolute Gasteiger partial charge is 0.340 e. The first-order chi connectivity index (χ1) is 12.3. The summed E-state index contributed by atoms with van der Waals surface area (Å²) >= 11 is 0. The van der Waals surface area contributed by atoms with E-state index in [0.717, 1.165) is 55.7 Å². The van der Waals surface area contributed by atoms with Crippen molar-refractivity contribution in [2.45, 2.75) is 59.4 Å². The number of likely N-dealkylation sites (tertiary alicyclic amines) is 2. The van der Waals surface area contributed by atoms with Gasteiger partial charge in [0.15, 0.2) is 0 Å². The van der Waals surface area contributed by atoms with Crippen LogP contribution in [-0.2, 0) is 4.79 Å². The van der Waals surface area contributed by atoms with Gasteiger partial charge >= 0.3 is 6.03 Å². The third-order valence-corrected chi connectivity index (χ3v) is 5.90. The number of piperidine rings is 2. The molecule has 26 heavy (non-hydrogen) atoms. The van der Waals surface area contributed by atoms with Gasteiger partial charge in [0.25, 0.3) is 0 Å². The average molecular weight is 357 g/mol. The Morgan fingerprint density at radius 3 is 2.27 bits per heavy atom. The molecule has 3 amide bonds. The lowest BCUT2D eigenvalue weighted by Gasteiger charge is -2.48. The van der Waals surface area contributed by atoms with E-state index in [-0.39, 0.29) is 23.4 Å². The topological polar surface area (TPSA) is 52.7 Å². The fraction of sp³-hybridized carbons (Fsp3) is 0.619. The standard InChI is InChI=1S/C21H31N3O2/c1-15(2)24-14-21(6-5-19(24)25)7-9-23(10-8-21)20(26)22-18-12-16(3)11-17(4)13-18/h11-13,15H,5-10,14H2,1-4H3,(H,22,26). The number of benzene rings is 1. The van der Waals surface area contributed by atoms with Crippen molar-refractivity contribution in [2.75, 3.05) is 25.0 Å². The van der Waals surface area contributed by atoms with E-state index >= 15 is 0 Å². The zero-order valence-corrected chi connectivity index (χ0v) is 16.5. The van der Waals surface area contributed by atoms with Crippen LogP contribution in [-0.4, -0.2) is 47.4 Å². The highest BCUT2D eigenvalue weighted by molar-refractivity contribution is 5.89. The molecule has 2 aliphatic heterocycles. The van der Waals surface area contributed by atoms with Gasteiger partial charge in [0.05, 0.1) is 0 Å². The minimum absolute atomic E-state index is 0.0162. The molecule has 2 heterocycles. The summed E-state index contributed by atoms with van der Waals surface area (Å²) in [6.45, 7) is 10.6. The maximum Gasteiger partial charge on any atom is 0.321 e. The fourth-order valence-corrected chi connectivity index (χ4v) is 4.36. The first-order valence-corrected chi connectivity index (χ1v) is 9.72. The highest BCUT2D eigenvalue weighted by Crippen LogP contribution is 2.40. The number of hydrogen-bond donors (Lipinski definition) is 1. The molecule has 0 bridgehead atoms. The van der Waals surface area contributed by atoms with E-state index in [2.05, 4.69) is 25.2 Å². The minimum Gasteiger partial charge on any atom is -0.340 e. The fourth-order valence-electron chi connectivity index (χ4n) is 4.36. The van der Waals surface area contributed by atoms with Gasteiger partial charge in [-0.15, -0.1) is 0 Å². The number of anilines is 1. The first kappa shape index (κ1) is 18.7. The normalized spacial score (nSPS) is 20.0. The van der Waals surface area contributed by atoms with Crippen LogP contribution in [0.3, 0.4) is 0 Å². The Morgan fingerprint density at radius 2 is 1.69 bits per heavy atom. The van der Waals surface area contributed by atoms with E-state index in [4.69, 9.17) is 0 Å². The van der Waals surface area contributed by atoms with Crippen molar-refractivity contribution < 1.29 is 9.59 Å². The van der Waals surface area contributed by atoms with E-state index in [1.165, 1.54) is 0 Å². The molecule has 3 rings (SSSR count). The monoisotopic (exact) mass is 357 g/mol. The Balaban J connectivity index is 1.59. The quantitative estimate of drug-likeness (QED) is 0.871. The van der Waals surface area contributed by atoms with Gasteiger partial charge in [-0.05, 0) is 75.6 Å². The van der Waals surface area contributed by atoms with Gasteiger partial charge in [-0.1, -0.05) is 6.07 Å². The van der Waals surface area contributed by atoms with Gasteiger partial charge in [0.1, 0.15) is 0 Å². The Hall–Kier alpha value is -2.04. The minimum atomic E-state index is -0.0162. The predicted octanol–water partition coefficient (Wildman–Crippen LogP) is 3.95. The number of hydrogen-bond acceptors (Lipinski definition) is 2. The molecule has 142 valence electrons. The maximum atomic E-state index is 12.6. The summed E-state index contributed by atoms with van der Waals surface area (Å²) in [7, 11) is 0. The van der Waals surface area contributed by atoms with Crippen molar-refractivity contribution in [2.24, 2.45) is 5.41 Å². The lowest BCUT2D eigenvalue weighted by Crippen LogP contribution is -2.54. The molecule has 1 spiro atoms. The Labute approximate surface area is 156 Å². The number of aryl methyl sites for hydroxylation is 2. The van der Waals surface area contributed by atoms with Crippen LogP contribution in [0.2, 0.25) is 0 Å². The smallest absolute Gasteiger partial charge is 0.321 e. The molecule has 5 nitrogen and oxygen atoms in total. The number of rotatable bonds is 2. The van der Waals surface area contributed by atoms with Gasteiger partial charge < -0.3 is 15.1 Å². The third-order valence-electron chi connectivity index (χ3n) is 5.90. The van der Waals surface area contributed by atoms with Gasteiger partial charge in [-0.3, -0.25) is 4.79 Å². The summed E-state index contributed by atoms with van der Waals surface area (Å²) in [5.41, 5.74) is 3.36. The van der Waals surface area contributed by atoms with Crippen LogP contribution < -0.4 is 5.32 Å². The second kappa shape index (κ2) is 7.29. The van der Waals surface area contributed by atoms with E-state index in [1.54, 1.807) is 0 Å². The van der Waals surface area contributed by atoms with Crippen LogP contribution in [0.4, 0.5) is 10.5 Å². The number of amides is 3. The maximum absolute atomic E-state index is 12.6. The van der Waals surface area contributed by atoms with Crippen LogP contribution in [0.1, 0.15) is 50.7 Å². The molecule has 0 atom stereocenters. The highest BCUT2D eigenvalue weighted by Gasteiger charge is 2.42. The van der Waals surface area contributed by atoms with Gasteiger partial charge in [0, 0.05) is 37.8 Å². The van der Waals surface area contributed by atoms with Crippen molar-refractivity contribution >= 4 is 17.6 Å². The molecule has 5 heteroatoms.